The van der Waals surface area contributed by atoms with Crippen LogP contribution in [0.2, 0.25) is 0 Å². The second-order valence-corrected chi connectivity index (χ2v) is 1.09. The van der Waals surface area contributed by atoms with Gasteiger partial charge in [0.25, 0.3) is 0 Å². The van der Waals surface area contributed by atoms with E-state index in [1.807, 2.05) is 0 Å². The number of aliphatic hydroxyl groups excluding tert-OH is 1. The molecule has 0 aromatic rings. The van der Waals surface area contributed by atoms with Crippen molar-refractivity contribution in [3.05, 3.63) is 6.38 Å². The van der Waals surface area contributed by atoms with E-state index in [1.54, 1.807) is 13.8 Å². The van der Waals surface area contributed by atoms with Crippen molar-refractivity contribution in [3.8, 4) is 0 Å². The summed E-state index contributed by atoms with van der Waals surface area (Å²) < 4.78 is 0. The van der Waals surface area contributed by atoms with Crippen molar-refractivity contribution in [1.82, 2.24) is 0 Å². The molecule has 0 saturated carbocycles. The summed E-state index contributed by atoms with van der Waals surface area (Å²) in [4.78, 5) is 0. The molecule has 0 aliphatic heterocycles. The second kappa shape index (κ2) is 15.8. The van der Waals surface area contributed by atoms with Crippen LogP contribution in [0.5, 0.6) is 0 Å². The zero-order valence-electron chi connectivity index (χ0n) is 4.82. The standard InChI is InChI=1S/C3H8O.CH2Cl.Zn/c1-3(2)4;1-2;/h3-4H,1-2H3;1H2;/q;-1;. The van der Waals surface area contributed by atoms with E-state index >= 15 is 0 Å². The molecule has 0 unspecified atom stereocenters. The van der Waals surface area contributed by atoms with E-state index in [0.717, 1.165) is 0 Å². The van der Waals surface area contributed by atoms with Crippen LogP contribution in [0.3, 0.4) is 0 Å². The minimum Gasteiger partial charge on any atom is -0.394 e. The maximum Gasteiger partial charge on any atom is 0.0483 e. The maximum absolute atomic E-state index is 8.06. The van der Waals surface area contributed by atoms with Gasteiger partial charge in [-0.05, 0) is 13.8 Å². The van der Waals surface area contributed by atoms with Gasteiger partial charge < -0.3 is 16.7 Å². The van der Waals surface area contributed by atoms with Crippen LogP contribution in [0.25, 0.3) is 0 Å². The van der Waals surface area contributed by atoms with E-state index < -0.39 is 0 Å². The van der Waals surface area contributed by atoms with Gasteiger partial charge in [0.15, 0.2) is 0 Å². The van der Waals surface area contributed by atoms with E-state index in [2.05, 4.69) is 18.0 Å². The Morgan fingerprint density at radius 1 is 1.43 bits per heavy atom. The first-order valence-electron chi connectivity index (χ1n) is 1.68. The third-order valence-corrected chi connectivity index (χ3v) is 0. The summed E-state index contributed by atoms with van der Waals surface area (Å²) in [5, 5.41) is 8.06. The molecule has 0 saturated heterocycles. The first-order chi connectivity index (χ1) is 2.73. The number of hydrogen-bond donors (Lipinski definition) is 1. The van der Waals surface area contributed by atoms with Gasteiger partial charge in [0.1, 0.15) is 0 Å². The Hall–Kier alpha value is 0.873. The molecule has 0 spiro atoms. The van der Waals surface area contributed by atoms with Crippen LogP contribution in [0.15, 0.2) is 0 Å². The van der Waals surface area contributed by atoms with Crippen molar-refractivity contribution in [1.29, 1.82) is 0 Å². The molecule has 0 aliphatic carbocycles. The summed E-state index contributed by atoms with van der Waals surface area (Å²) in [5.41, 5.74) is 0. The van der Waals surface area contributed by atoms with Gasteiger partial charge >= 0.3 is 0 Å². The van der Waals surface area contributed by atoms with Crippen molar-refractivity contribution < 1.29 is 24.6 Å². The summed E-state index contributed by atoms with van der Waals surface area (Å²) in [6, 6.07) is 0. The van der Waals surface area contributed by atoms with Gasteiger partial charge in [-0.15, -0.1) is 0 Å². The molecule has 42 valence electrons. The van der Waals surface area contributed by atoms with E-state index in [9.17, 15) is 0 Å². The Morgan fingerprint density at radius 2 is 1.43 bits per heavy atom. The zero-order valence-corrected chi connectivity index (χ0v) is 8.54. The minimum atomic E-state index is -0.167. The van der Waals surface area contributed by atoms with Crippen molar-refractivity contribution in [2.45, 2.75) is 20.0 Å². The van der Waals surface area contributed by atoms with Crippen LogP contribution < -0.4 is 0 Å². The van der Waals surface area contributed by atoms with Crippen molar-refractivity contribution in [3.63, 3.8) is 0 Å². The molecular weight excluding hydrogens is 165 g/mol. The Kier molecular flexibility index (Phi) is 35.4. The van der Waals surface area contributed by atoms with Gasteiger partial charge in [-0.2, -0.15) is 0 Å². The number of halogens is 1. The summed E-state index contributed by atoms with van der Waals surface area (Å²) in [6.07, 6.45) is 2.56. The first-order valence-corrected chi connectivity index (χ1v) is 2.21. The smallest absolute Gasteiger partial charge is 0.0483 e. The van der Waals surface area contributed by atoms with Gasteiger partial charge in [-0.1, -0.05) is 0 Å². The number of aliphatic hydroxyl groups is 1. The van der Waals surface area contributed by atoms with Gasteiger partial charge in [-0.3, -0.25) is 6.38 Å². The topological polar surface area (TPSA) is 20.2 Å². The molecule has 0 rings (SSSR count). The molecule has 1 nitrogen and oxygen atoms in total. The molecule has 3 heteroatoms. The first kappa shape index (κ1) is 15.7. The van der Waals surface area contributed by atoms with Crippen LogP contribution in [-0.4, -0.2) is 11.2 Å². The summed E-state index contributed by atoms with van der Waals surface area (Å²) in [7, 11) is 0. The van der Waals surface area contributed by atoms with E-state index in [-0.39, 0.29) is 25.6 Å². The monoisotopic (exact) mass is 173 g/mol. The fraction of sp³-hybridized carbons (Fsp3) is 0.750. The third kappa shape index (κ3) is 214. The van der Waals surface area contributed by atoms with Crippen molar-refractivity contribution in [2.75, 3.05) is 0 Å². The van der Waals surface area contributed by atoms with Gasteiger partial charge in [0.2, 0.25) is 0 Å². The molecule has 0 aromatic carbocycles. The predicted molar refractivity (Wildman–Crippen MR) is 28.6 cm³/mol. The molecule has 0 radical (unpaired) electrons. The number of hydrogen-bond acceptors (Lipinski definition) is 1. The molecule has 0 bridgehead atoms. The number of rotatable bonds is 0. The Labute approximate surface area is 62.8 Å². The van der Waals surface area contributed by atoms with Gasteiger partial charge in [-0.25, -0.2) is 0 Å². The van der Waals surface area contributed by atoms with Gasteiger partial charge in [0.05, 0.1) is 0 Å². The minimum absolute atomic E-state index is 0. The summed E-state index contributed by atoms with van der Waals surface area (Å²) >= 11 is 4.39. The van der Waals surface area contributed by atoms with Crippen molar-refractivity contribution in [2.24, 2.45) is 0 Å². The molecule has 1 N–H and O–H groups in total. The average molecular weight is 175 g/mol. The summed E-state index contributed by atoms with van der Waals surface area (Å²) in [6.45, 7) is 3.44. The Morgan fingerprint density at radius 3 is 1.43 bits per heavy atom. The van der Waals surface area contributed by atoms with Crippen LogP contribution in [0, 0.1) is 6.38 Å². The molecule has 7 heavy (non-hydrogen) atoms. The molecule has 0 heterocycles. The Bertz CT molecular complexity index is 16.4. The maximum atomic E-state index is 8.06. The quantitative estimate of drug-likeness (QED) is 0.435. The zero-order chi connectivity index (χ0) is 5.58. The predicted octanol–water partition coefficient (Wildman–Crippen LogP) is 1.40. The van der Waals surface area contributed by atoms with Crippen LogP contribution in [0.1, 0.15) is 13.8 Å². The van der Waals surface area contributed by atoms with E-state index in [1.165, 1.54) is 0 Å². The molecule has 0 aliphatic rings. The van der Waals surface area contributed by atoms with Crippen LogP contribution in [-0.2, 0) is 19.5 Å². The fourth-order valence-corrected chi connectivity index (χ4v) is 0. The second-order valence-electron chi connectivity index (χ2n) is 1.09. The fourth-order valence-electron chi connectivity index (χ4n) is 0. The van der Waals surface area contributed by atoms with Crippen LogP contribution >= 0.6 is 11.6 Å². The Balaban J connectivity index is -0.0000000480. The molecule has 0 aromatic heterocycles. The molecule has 0 amide bonds. The SMILES string of the molecule is CC(C)O.[CH2-]Cl.[Zn]. The third-order valence-electron chi connectivity index (χ3n) is 0. The van der Waals surface area contributed by atoms with Gasteiger partial charge in [0, 0.05) is 25.6 Å². The summed E-state index contributed by atoms with van der Waals surface area (Å²) in [5.74, 6) is 0. The largest absolute Gasteiger partial charge is 0.394 e. The molecule has 0 atom stereocenters. The molecular formula is C4H10ClOZn-. The molecule has 0 fully saturated rings. The van der Waals surface area contributed by atoms with Crippen molar-refractivity contribution >= 4 is 11.6 Å². The normalized spacial score (nSPS) is 6.00. The van der Waals surface area contributed by atoms with Crippen LogP contribution in [0.4, 0.5) is 0 Å². The van der Waals surface area contributed by atoms with E-state index in [0.29, 0.717) is 0 Å². The van der Waals surface area contributed by atoms with E-state index in [4.69, 9.17) is 5.11 Å². The average Bonchev–Trinajstić information content (AvgIpc) is 1.41.